The van der Waals surface area contributed by atoms with Crippen LogP contribution in [0, 0.1) is 17.8 Å². The summed E-state index contributed by atoms with van der Waals surface area (Å²) in [6.07, 6.45) is 14.1. The molecule has 3 N–H and O–H groups in total. The second-order valence-electron chi connectivity index (χ2n) is 9.88. The van der Waals surface area contributed by atoms with Gasteiger partial charge in [0, 0.05) is 18.2 Å². The van der Waals surface area contributed by atoms with Crippen molar-refractivity contribution in [2.75, 3.05) is 6.54 Å². The smallest absolute Gasteiger partial charge is 0.255 e. The minimum Gasteiger partial charge on any atom is -0.508 e. The number of amides is 1. The van der Waals surface area contributed by atoms with Crippen LogP contribution in [0.1, 0.15) is 80.1 Å². The number of hydrogen-bond acceptors (Lipinski definition) is 3. The lowest BCUT2D eigenvalue weighted by Crippen LogP contribution is -2.48. The molecule has 1 aromatic rings. The Morgan fingerprint density at radius 3 is 2.29 bits per heavy atom. The van der Waals surface area contributed by atoms with Gasteiger partial charge in [0.1, 0.15) is 11.5 Å². The lowest BCUT2D eigenvalue weighted by molar-refractivity contribution is -0.00617. The van der Waals surface area contributed by atoms with Gasteiger partial charge in [-0.05, 0) is 93.4 Å². The summed E-state index contributed by atoms with van der Waals surface area (Å²) in [6, 6.07) is 3.19. The molecule has 0 radical (unpaired) electrons. The Kier molecular flexibility index (Phi) is 4.41. The predicted molar refractivity (Wildman–Crippen MR) is 109 cm³/mol. The molecule has 1 aromatic carbocycles. The van der Waals surface area contributed by atoms with Gasteiger partial charge in [-0.2, -0.15) is 0 Å². The Balaban J connectivity index is 1.41. The van der Waals surface area contributed by atoms with E-state index in [0.717, 1.165) is 55.4 Å². The van der Waals surface area contributed by atoms with Gasteiger partial charge in [-0.25, -0.2) is 0 Å². The third kappa shape index (κ3) is 3.11. The van der Waals surface area contributed by atoms with E-state index >= 15 is 0 Å². The predicted octanol–water partition coefficient (Wildman–Crippen LogP) is 4.80. The van der Waals surface area contributed by atoms with Crippen molar-refractivity contribution in [2.45, 2.75) is 69.6 Å². The molecule has 0 heterocycles. The number of aromatic hydroxyl groups is 2. The number of hydrogen-bond donors (Lipinski definition) is 3. The normalized spacial score (nSPS) is 33.6. The molecule has 1 amide bonds. The third-order valence-corrected chi connectivity index (χ3v) is 7.83. The van der Waals surface area contributed by atoms with Gasteiger partial charge in [0.2, 0.25) is 0 Å². The van der Waals surface area contributed by atoms with Crippen LogP contribution in [0.3, 0.4) is 0 Å². The topological polar surface area (TPSA) is 69.6 Å². The Hall–Kier alpha value is -1.97. The summed E-state index contributed by atoms with van der Waals surface area (Å²) in [4.78, 5) is 12.8. The lowest BCUT2D eigenvalue weighted by atomic mass is 9.48. The van der Waals surface area contributed by atoms with Crippen molar-refractivity contribution >= 4 is 5.91 Å². The molecule has 150 valence electrons. The molecule has 4 heteroatoms. The van der Waals surface area contributed by atoms with Gasteiger partial charge in [-0.15, -0.1) is 0 Å². The van der Waals surface area contributed by atoms with Crippen LogP contribution in [0.2, 0.25) is 0 Å². The molecule has 28 heavy (non-hydrogen) atoms. The van der Waals surface area contributed by atoms with Gasteiger partial charge in [0.05, 0.1) is 5.56 Å². The second kappa shape index (κ2) is 6.82. The monoisotopic (exact) mass is 381 g/mol. The van der Waals surface area contributed by atoms with Gasteiger partial charge in [-0.3, -0.25) is 4.79 Å². The number of phenols is 2. The molecule has 4 saturated carbocycles. The van der Waals surface area contributed by atoms with Crippen LogP contribution < -0.4 is 5.32 Å². The van der Waals surface area contributed by atoms with E-state index in [4.69, 9.17) is 0 Å². The molecule has 4 fully saturated rings. The van der Waals surface area contributed by atoms with Gasteiger partial charge >= 0.3 is 0 Å². The summed E-state index contributed by atoms with van der Waals surface area (Å²) >= 11 is 0. The number of carbonyl (C=O) groups excluding carboxylic acids is 1. The molecule has 4 bridgehead atoms. The van der Waals surface area contributed by atoms with Crippen molar-refractivity contribution in [1.82, 2.24) is 5.32 Å². The first-order valence-electron chi connectivity index (χ1n) is 11.0. The molecule has 0 atom stereocenters. The molecule has 6 rings (SSSR count). The van der Waals surface area contributed by atoms with Crippen LogP contribution in [0.15, 0.2) is 23.8 Å². The summed E-state index contributed by atoms with van der Waals surface area (Å²) in [5.74, 6) is 2.07. The van der Waals surface area contributed by atoms with Crippen molar-refractivity contribution in [1.29, 1.82) is 0 Å². The molecule has 0 aromatic heterocycles. The highest BCUT2D eigenvalue weighted by atomic mass is 16.3. The fourth-order valence-corrected chi connectivity index (χ4v) is 6.98. The maximum atomic E-state index is 12.8. The van der Waals surface area contributed by atoms with Crippen molar-refractivity contribution < 1.29 is 15.0 Å². The van der Waals surface area contributed by atoms with Crippen LogP contribution >= 0.6 is 0 Å². The molecular weight excluding hydrogens is 350 g/mol. The van der Waals surface area contributed by atoms with Crippen molar-refractivity contribution in [3.63, 3.8) is 0 Å². The highest BCUT2D eigenvalue weighted by Gasteiger charge is 2.52. The summed E-state index contributed by atoms with van der Waals surface area (Å²) in [5, 5.41) is 24.0. The van der Waals surface area contributed by atoms with E-state index in [1.165, 1.54) is 43.7 Å². The summed E-state index contributed by atoms with van der Waals surface area (Å²) in [6.45, 7) is 0.547. The van der Waals surface area contributed by atoms with E-state index in [2.05, 4.69) is 11.4 Å². The largest absolute Gasteiger partial charge is 0.508 e. The van der Waals surface area contributed by atoms with E-state index in [1.807, 2.05) is 0 Å². The first-order valence-corrected chi connectivity index (χ1v) is 11.0. The summed E-state index contributed by atoms with van der Waals surface area (Å²) in [7, 11) is 0. The standard InChI is InChI=1S/C24H31NO3/c26-21-10-22(27)20(24-11-16-6-17(12-24)8-18(7-16)13-24)9-19(21)23(28)25-14-15-4-2-1-3-5-15/h4,9-10,16-18,26-27H,1-3,5-8,11-14H2,(H,25,28). The lowest BCUT2D eigenvalue weighted by Gasteiger charge is -2.57. The number of phenolic OH excluding ortho intramolecular Hbond substituents is 2. The number of nitrogens with one attached hydrogen (secondary N) is 1. The number of benzene rings is 1. The maximum Gasteiger partial charge on any atom is 0.255 e. The fourth-order valence-electron chi connectivity index (χ4n) is 6.98. The minimum absolute atomic E-state index is 0.00649. The van der Waals surface area contributed by atoms with E-state index in [-0.39, 0.29) is 22.8 Å². The summed E-state index contributed by atoms with van der Waals surface area (Å²) in [5.41, 5.74) is 2.47. The molecule has 5 aliphatic rings. The van der Waals surface area contributed by atoms with Crippen molar-refractivity contribution in [2.24, 2.45) is 17.8 Å². The number of allylic oxidation sites excluding steroid dienone is 1. The van der Waals surface area contributed by atoms with Gasteiger partial charge < -0.3 is 15.5 Å². The van der Waals surface area contributed by atoms with Crippen LogP contribution in [-0.2, 0) is 5.41 Å². The first kappa shape index (κ1) is 18.1. The zero-order valence-corrected chi connectivity index (χ0v) is 16.5. The quantitative estimate of drug-likeness (QED) is 0.657. The molecular formula is C24H31NO3. The Labute approximate surface area is 167 Å². The minimum atomic E-state index is -0.241. The van der Waals surface area contributed by atoms with E-state index in [0.29, 0.717) is 12.1 Å². The molecule has 5 aliphatic carbocycles. The Morgan fingerprint density at radius 1 is 1.00 bits per heavy atom. The average molecular weight is 382 g/mol. The molecule has 0 unspecified atom stereocenters. The van der Waals surface area contributed by atoms with Crippen LogP contribution in [0.4, 0.5) is 0 Å². The maximum absolute atomic E-state index is 12.8. The Bertz CT molecular complexity index is 790. The highest BCUT2D eigenvalue weighted by Crippen LogP contribution is 2.62. The first-order chi connectivity index (χ1) is 13.5. The van der Waals surface area contributed by atoms with Gasteiger partial charge in [0.25, 0.3) is 5.91 Å². The van der Waals surface area contributed by atoms with Gasteiger partial charge in [0.15, 0.2) is 0 Å². The molecule has 0 spiro atoms. The molecule has 0 saturated heterocycles. The third-order valence-electron chi connectivity index (χ3n) is 7.83. The van der Waals surface area contributed by atoms with E-state index < -0.39 is 0 Å². The van der Waals surface area contributed by atoms with E-state index in [1.54, 1.807) is 6.07 Å². The molecule has 4 nitrogen and oxygen atoms in total. The average Bonchev–Trinajstić information content (AvgIpc) is 2.66. The number of rotatable bonds is 4. The van der Waals surface area contributed by atoms with E-state index in [9.17, 15) is 15.0 Å². The zero-order chi connectivity index (χ0) is 19.3. The highest BCUT2D eigenvalue weighted by molar-refractivity contribution is 5.97. The van der Waals surface area contributed by atoms with Crippen LogP contribution in [0.5, 0.6) is 11.5 Å². The zero-order valence-electron chi connectivity index (χ0n) is 16.5. The van der Waals surface area contributed by atoms with Crippen molar-refractivity contribution in [3.8, 4) is 11.5 Å². The second-order valence-corrected chi connectivity index (χ2v) is 9.88. The van der Waals surface area contributed by atoms with Crippen LogP contribution in [0.25, 0.3) is 0 Å². The number of carbonyl (C=O) groups is 1. The van der Waals surface area contributed by atoms with Crippen molar-refractivity contribution in [3.05, 3.63) is 34.9 Å². The van der Waals surface area contributed by atoms with Gasteiger partial charge in [-0.1, -0.05) is 11.6 Å². The Morgan fingerprint density at radius 2 is 1.68 bits per heavy atom. The fraction of sp³-hybridized carbons (Fsp3) is 0.625. The molecule has 0 aliphatic heterocycles. The SMILES string of the molecule is O=C(NCC1=CCCCC1)c1cc(C23CC4CC(CC(C4)C2)C3)c(O)cc1O. The van der Waals surface area contributed by atoms with Crippen LogP contribution in [-0.4, -0.2) is 22.7 Å². The summed E-state index contributed by atoms with van der Waals surface area (Å²) < 4.78 is 0.